The topological polar surface area (TPSA) is 96.5 Å². The number of pyridine rings is 1. The molecule has 0 aliphatic carbocycles. The zero-order valence-electron chi connectivity index (χ0n) is 17.6. The molecule has 0 unspecified atom stereocenters. The molecule has 0 aliphatic heterocycles. The van der Waals surface area contributed by atoms with Gasteiger partial charge in [-0.25, -0.2) is 0 Å². The molecule has 0 saturated carbocycles. The average molecular weight is 485 g/mol. The molecule has 0 aliphatic rings. The Bertz CT molecular complexity index is 1480. The fourth-order valence-electron chi connectivity index (χ4n) is 3.29. The van der Waals surface area contributed by atoms with Crippen LogP contribution in [0.3, 0.4) is 0 Å². The van der Waals surface area contributed by atoms with E-state index in [2.05, 4.69) is 30.7 Å². The lowest BCUT2D eigenvalue weighted by Gasteiger charge is -2.09. The molecule has 3 aromatic heterocycles. The van der Waals surface area contributed by atoms with E-state index in [-0.39, 0.29) is 11.1 Å². The van der Waals surface area contributed by atoms with Crippen molar-refractivity contribution in [3.05, 3.63) is 101 Å². The van der Waals surface area contributed by atoms with Gasteiger partial charge in [-0.15, -0.1) is 10.2 Å². The Balaban J connectivity index is 1.36. The van der Waals surface area contributed by atoms with Crippen molar-refractivity contribution in [3.63, 3.8) is 0 Å². The number of carbonyl (C=O) groups excluding carboxylic acids is 1. The quantitative estimate of drug-likeness (QED) is 0.308. The minimum atomic E-state index is -0.274. The number of nitrogens with one attached hydrogen (secondary N) is 2. The Morgan fingerprint density at radius 3 is 2.68 bits per heavy atom. The van der Waals surface area contributed by atoms with Crippen molar-refractivity contribution in [1.29, 1.82) is 0 Å². The molecule has 7 nitrogen and oxygen atoms in total. The molecule has 3 heterocycles. The van der Waals surface area contributed by atoms with Crippen molar-refractivity contribution in [2.45, 2.75) is 9.79 Å². The number of amides is 1. The van der Waals surface area contributed by atoms with E-state index >= 15 is 0 Å². The van der Waals surface area contributed by atoms with Crippen LogP contribution in [0.4, 0.5) is 5.82 Å². The molecule has 2 N–H and O–H groups in total. The molecule has 0 bridgehead atoms. The lowest BCUT2D eigenvalue weighted by atomic mass is 10.2. The van der Waals surface area contributed by atoms with Crippen LogP contribution in [-0.2, 0) is 0 Å². The predicted molar refractivity (Wildman–Crippen MR) is 135 cm³/mol. The van der Waals surface area contributed by atoms with Crippen LogP contribution in [0.15, 0.2) is 88.8 Å². The van der Waals surface area contributed by atoms with E-state index in [9.17, 15) is 4.79 Å². The Morgan fingerprint density at radius 1 is 0.971 bits per heavy atom. The summed E-state index contributed by atoms with van der Waals surface area (Å²) in [5, 5.41) is 19.2. The van der Waals surface area contributed by atoms with Crippen molar-refractivity contribution >= 4 is 58.1 Å². The van der Waals surface area contributed by atoms with E-state index in [4.69, 9.17) is 11.6 Å². The normalized spacial score (nSPS) is 11.2. The summed E-state index contributed by atoms with van der Waals surface area (Å²) >= 11 is 7.26. The van der Waals surface area contributed by atoms with E-state index in [1.165, 1.54) is 11.8 Å². The molecular weight excluding hydrogens is 468 g/mol. The molecule has 5 aromatic rings. The molecule has 0 atom stereocenters. The third-order valence-electron chi connectivity index (χ3n) is 4.90. The number of aromatic nitrogens is 5. The number of hydrogen-bond acceptors (Lipinski definition) is 6. The van der Waals surface area contributed by atoms with Crippen LogP contribution >= 0.6 is 23.4 Å². The summed E-state index contributed by atoms with van der Waals surface area (Å²) in [4.78, 5) is 18.9. The number of halogens is 1. The highest BCUT2D eigenvalue weighted by atomic mass is 35.5. The minimum Gasteiger partial charge on any atom is -0.305 e. The maximum atomic E-state index is 12.9. The van der Waals surface area contributed by atoms with E-state index in [0.717, 1.165) is 32.1 Å². The zero-order valence-corrected chi connectivity index (χ0v) is 19.2. The fourth-order valence-corrected chi connectivity index (χ4v) is 4.37. The SMILES string of the molecule is O=C(Nc1ccc(Cl)nn1)c1ccccc1Sc1ccc2c(/C=C/c3ccccn3)n[nH]c2c1. The molecular formula is C25H17ClN6OS. The van der Waals surface area contributed by atoms with Gasteiger partial charge in [0.15, 0.2) is 11.0 Å². The Morgan fingerprint density at radius 2 is 1.85 bits per heavy atom. The van der Waals surface area contributed by atoms with Crippen LogP contribution in [0.1, 0.15) is 21.7 Å². The van der Waals surface area contributed by atoms with Gasteiger partial charge in [0.05, 0.1) is 22.5 Å². The molecule has 34 heavy (non-hydrogen) atoms. The van der Waals surface area contributed by atoms with Crippen molar-refractivity contribution in [3.8, 4) is 0 Å². The number of aromatic amines is 1. The second-order valence-electron chi connectivity index (χ2n) is 7.20. The van der Waals surface area contributed by atoms with Gasteiger partial charge in [0.25, 0.3) is 5.91 Å². The van der Waals surface area contributed by atoms with E-state index in [1.807, 2.05) is 66.7 Å². The molecule has 166 valence electrons. The molecule has 5 rings (SSSR count). The zero-order chi connectivity index (χ0) is 23.3. The highest BCUT2D eigenvalue weighted by Crippen LogP contribution is 2.33. The largest absolute Gasteiger partial charge is 0.305 e. The molecule has 2 aromatic carbocycles. The van der Waals surface area contributed by atoms with Gasteiger partial charge in [0.1, 0.15) is 0 Å². The fraction of sp³-hybridized carbons (Fsp3) is 0. The van der Waals surface area contributed by atoms with Gasteiger partial charge in [-0.2, -0.15) is 5.10 Å². The second kappa shape index (κ2) is 9.86. The molecule has 0 spiro atoms. The predicted octanol–water partition coefficient (Wildman–Crippen LogP) is 5.98. The average Bonchev–Trinajstić information content (AvgIpc) is 3.27. The Kier molecular flexibility index (Phi) is 6.33. The van der Waals surface area contributed by atoms with Gasteiger partial charge < -0.3 is 5.32 Å². The number of hydrogen-bond donors (Lipinski definition) is 2. The minimum absolute atomic E-state index is 0.263. The molecule has 0 fully saturated rings. The van der Waals surface area contributed by atoms with Gasteiger partial charge in [0.2, 0.25) is 0 Å². The van der Waals surface area contributed by atoms with E-state index in [0.29, 0.717) is 11.4 Å². The first-order chi connectivity index (χ1) is 16.7. The van der Waals surface area contributed by atoms with Gasteiger partial charge in [-0.1, -0.05) is 41.6 Å². The summed E-state index contributed by atoms with van der Waals surface area (Å²) < 4.78 is 0. The van der Waals surface area contributed by atoms with Crippen LogP contribution in [0.2, 0.25) is 5.15 Å². The highest BCUT2D eigenvalue weighted by molar-refractivity contribution is 7.99. The number of carbonyl (C=O) groups is 1. The van der Waals surface area contributed by atoms with Crippen molar-refractivity contribution in [1.82, 2.24) is 25.4 Å². The number of fused-ring (bicyclic) bond motifs is 1. The smallest absolute Gasteiger partial charge is 0.258 e. The van der Waals surface area contributed by atoms with E-state index in [1.54, 1.807) is 24.4 Å². The first kappa shape index (κ1) is 21.8. The lowest BCUT2D eigenvalue weighted by molar-refractivity contribution is 0.102. The van der Waals surface area contributed by atoms with Crippen molar-refractivity contribution in [2.75, 3.05) is 5.32 Å². The summed E-state index contributed by atoms with van der Waals surface area (Å²) in [5.41, 5.74) is 3.14. The van der Waals surface area contributed by atoms with Crippen LogP contribution in [-0.4, -0.2) is 31.3 Å². The Hall–Kier alpha value is -4.01. The summed E-state index contributed by atoms with van der Waals surface area (Å²) in [6, 6.07) is 22.4. The monoisotopic (exact) mass is 484 g/mol. The summed E-state index contributed by atoms with van der Waals surface area (Å²) in [7, 11) is 0. The molecule has 9 heteroatoms. The standard InChI is InChI=1S/C25H17ClN6OS/c26-23-12-13-24(32-31-23)28-25(33)19-6-1-2-7-22(19)34-17-9-10-18-20(29-30-21(18)15-17)11-8-16-5-3-4-14-27-16/h1-15H,(H,29,30)(H,28,32,33)/b11-8+. The third kappa shape index (κ3) is 4.98. The highest BCUT2D eigenvalue weighted by Gasteiger charge is 2.14. The van der Waals surface area contributed by atoms with Crippen LogP contribution in [0.5, 0.6) is 0 Å². The summed E-state index contributed by atoms with van der Waals surface area (Å²) in [6.07, 6.45) is 5.62. The number of rotatable bonds is 6. The Labute approximate surface area is 204 Å². The number of anilines is 1. The van der Waals surface area contributed by atoms with Gasteiger partial charge in [-0.05, 0) is 66.7 Å². The summed E-state index contributed by atoms with van der Waals surface area (Å²) in [6.45, 7) is 0. The number of H-pyrrole nitrogens is 1. The summed E-state index contributed by atoms with van der Waals surface area (Å²) in [5.74, 6) is 0.0589. The van der Waals surface area contributed by atoms with E-state index < -0.39 is 0 Å². The first-order valence-electron chi connectivity index (χ1n) is 10.3. The molecule has 0 radical (unpaired) electrons. The maximum absolute atomic E-state index is 12.9. The van der Waals surface area contributed by atoms with Crippen molar-refractivity contribution in [2.24, 2.45) is 0 Å². The molecule has 0 saturated heterocycles. The van der Waals surface area contributed by atoms with Crippen molar-refractivity contribution < 1.29 is 4.79 Å². The third-order valence-corrected chi connectivity index (χ3v) is 6.16. The maximum Gasteiger partial charge on any atom is 0.258 e. The second-order valence-corrected chi connectivity index (χ2v) is 8.70. The van der Waals surface area contributed by atoms with Crippen LogP contribution in [0.25, 0.3) is 23.1 Å². The van der Waals surface area contributed by atoms with Crippen LogP contribution in [0, 0.1) is 0 Å². The van der Waals surface area contributed by atoms with Gasteiger partial charge in [0, 0.05) is 21.4 Å². The first-order valence-corrected chi connectivity index (χ1v) is 11.5. The van der Waals surface area contributed by atoms with Crippen LogP contribution < -0.4 is 5.32 Å². The molecule has 1 amide bonds. The lowest BCUT2D eigenvalue weighted by Crippen LogP contribution is -2.14. The number of nitrogens with zero attached hydrogens (tertiary/aromatic N) is 4. The van der Waals surface area contributed by atoms with Gasteiger partial charge in [-0.3, -0.25) is 14.9 Å². The number of benzene rings is 2. The van der Waals surface area contributed by atoms with Gasteiger partial charge >= 0.3 is 0 Å².